The molecule has 2 nitrogen and oxygen atoms in total. The van der Waals surface area contributed by atoms with Crippen molar-refractivity contribution in [2.45, 2.75) is 18.9 Å². The van der Waals surface area contributed by atoms with Gasteiger partial charge in [-0.15, -0.1) is 0 Å². The maximum absolute atomic E-state index is 14.3. The van der Waals surface area contributed by atoms with E-state index in [0.29, 0.717) is 6.54 Å². The Bertz CT molecular complexity index is 892. The number of benzene rings is 3. The van der Waals surface area contributed by atoms with Crippen molar-refractivity contribution >= 4 is 0 Å². The van der Waals surface area contributed by atoms with E-state index in [-0.39, 0.29) is 11.9 Å². The molecule has 1 heterocycles. The van der Waals surface area contributed by atoms with Crippen LogP contribution in [0.15, 0.2) is 66.7 Å². The standard InChI is InChI=1S/C22H20FNO/c23-17-12-16-10-11-18(14-24)25-22(16)21(13-17)20-9-5-4-8-19(20)15-6-2-1-3-7-15/h1-9,12-13,18H,10-11,14,24H2/t18-/m1/s1. The number of fused-ring (bicyclic) bond motifs is 1. The third kappa shape index (κ3) is 3.03. The smallest absolute Gasteiger partial charge is 0.131 e. The summed E-state index contributed by atoms with van der Waals surface area (Å²) >= 11 is 0. The van der Waals surface area contributed by atoms with Crippen LogP contribution in [0.25, 0.3) is 22.3 Å². The molecule has 0 amide bonds. The molecule has 0 unspecified atom stereocenters. The minimum Gasteiger partial charge on any atom is -0.488 e. The molecule has 3 aromatic carbocycles. The first-order valence-corrected chi connectivity index (χ1v) is 8.60. The third-order valence-electron chi connectivity index (χ3n) is 4.72. The third-order valence-corrected chi connectivity index (χ3v) is 4.72. The number of halogens is 1. The molecule has 0 bridgehead atoms. The molecule has 2 N–H and O–H groups in total. The molecule has 0 fully saturated rings. The van der Waals surface area contributed by atoms with Crippen molar-refractivity contribution in [2.24, 2.45) is 5.73 Å². The summed E-state index contributed by atoms with van der Waals surface area (Å²) in [5, 5.41) is 0. The predicted octanol–water partition coefficient (Wildman–Crippen LogP) is 4.81. The van der Waals surface area contributed by atoms with Crippen molar-refractivity contribution in [3.8, 4) is 28.0 Å². The Kier molecular flexibility index (Phi) is 4.24. The highest BCUT2D eigenvalue weighted by molar-refractivity contribution is 5.86. The molecule has 0 aliphatic carbocycles. The number of aryl methyl sites for hydroxylation is 1. The fourth-order valence-corrected chi connectivity index (χ4v) is 3.47. The van der Waals surface area contributed by atoms with E-state index in [1.54, 1.807) is 12.1 Å². The SMILES string of the molecule is NC[C@H]1CCc2cc(F)cc(-c3ccccc3-c3ccccc3)c2O1. The molecule has 0 saturated carbocycles. The minimum atomic E-state index is -0.230. The predicted molar refractivity (Wildman–Crippen MR) is 99.1 cm³/mol. The average Bonchev–Trinajstić information content (AvgIpc) is 2.67. The van der Waals surface area contributed by atoms with Gasteiger partial charge in [-0.05, 0) is 47.2 Å². The van der Waals surface area contributed by atoms with E-state index in [2.05, 4.69) is 18.2 Å². The second kappa shape index (κ2) is 6.69. The summed E-state index contributed by atoms with van der Waals surface area (Å²) in [5.74, 6) is 0.540. The summed E-state index contributed by atoms with van der Waals surface area (Å²) in [6.07, 6.45) is 1.60. The highest BCUT2D eigenvalue weighted by atomic mass is 19.1. The van der Waals surface area contributed by atoms with E-state index >= 15 is 0 Å². The zero-order chi connectivity index (χ0) is 17.2. The van der Waals surface area contributed by atoms with Gasteiger partial charge in [0.15, 0.2) is 0 Å². The summed E-state index contributed by atoms with van der Waals surface area (Å²) in [5.41, 5.74) is 10.7. The van der Waals surface area contributed by atoms with Crippen LogP contribution in [0, 0.1) is 5.82 Å². The first-order valence-electron chi connectivity index (χ1n) is 8.60. The van der Waals surface area contributed by atoms with Crippen LogP contribution in [0.2, 0.25) is 0 Å². The largest absolute Gasteiger partial charge is 0.488 e. The monoisotopic (exact) mass is 333 g/mol. The van der Waals surface area contributed by atoms with Crippen LogP contribution < -0.4 is 10.5 Å². The van der Waals surface area contributed by atoms with Gasteiger partial charge in [0, 0.05) is 12.1 Å². The van der Waals surface area contributed by atoms with Crippen molar-refractivity contribution < 1.29 is 9.13 Å². The summed E-state index contributed by atoms with van der Waals surface area (Å²) < 4.78 is 20.4. The Hall–Kier alpha value is -2.65. The van der Waals surface area contributed by atoms with Gasteiger partial charge >= 0.3 is 0 Å². The fraction of sp³-hybridized carbons (Fsp3) is 0.182. The first-order chi connectivity index (χ1) is 12.3. The van der Waals surface area contributed by atoms with Crippen molar-refractivity contribution in [2.75, 3.05) is 6.54 Å². The number of rotatable bonds is 3. The second-order valence-electron chi connectivity index (χ2n) is 6.37. The topological polar surface area (TPSA) is 35.2 Å². The van der Waals surface area contributed by atoms with E-state index in [1.165, 1.54) is 0 Å². The number of ether oxygens (including phenoxy) is 1. The molecule has 0 radical (unpaired) electrons. The van der Waals surface area contributed by atoms with E-state index in [4.69, 9.17) is 10.5 Å². The van der Waals surface area contributed by atoms with Crippen molar-refractivity contribution in [1.82, 2.24) is 0 Å². The minimum absolute atomic E-state index is 0.0133. The van der Waals surface area contributed by atoms with Gasteiger partial charge in [0.1, 0.15) is 17.7 Å². The van der Waals surface area contributed by atoms with Gasteiger partial charge in [-0.3, -0.25) is 0 Å². The molecule has 0 aromatic heterocycles. The lowest BCUT2D eigenvalue weighted by Crippen LogP contribution is -2.30. The van der Waals surface area contributed by atoms with Gasteiger partial charge in [-0.2, -0.15) is 0 Å². The van der Waals surface area contributed by atoms with Gasteiger partial charge in [0.05, 0.1) is 0 Å². The highest BCUT2D eigenvalue weighted by Crippen LogP contribution is 2.42. The van der Waals surface area contributed by atoms with E-state index in [0.717, 1.165) is 46.4 Å². The van der Waals surface area contributed by atoms with E-state index < -0.39 is 0 Å². The van der Waals surface area contributed by atoms with Crippen LogP contribution in [0.4, 0.5) is 4.39 Å². The Balaban J connectivity index is 1.91. The van der Waals surface area contributed by atoms with Crippen LogP contribution in [-0.2, 0) is 6.42 Å². The zero-order valence-corrected chi connectivity index (χ0v) is 13.9. The molecule has 3 heteroatoms. The molecule has 25 heavy (non-hydrogen) atoms. The van der Waals surface area contributed by atoms with Crippen LogP contribution >= 0.6 is 0 Å². The van der Waals surface area contributed by atoms with Gasteiger partial charge in [0.2, 0.25) is 0 Å². The van der Waals surface area contributed by atoms with Crippen LogP contribution in [0.5, 0.6) is 5.75 Å². The summed E-state index contributed by atoms with van der Waals surface area (Å²) in [4.78, 5) is 0. The maximum Gasteiger partial charge on any atom is 0.131 e. The molecule has 0 saturated heterocycles. The first kappa shape index (κ1) is 15.9. The lowest BCUT2D eigenvalue weighted by atomic mass is 9.90. The van der Waals surface area contributed by atoms with Crippen LogP contribution in [0.1, 0.15) is 12.0 Å². The van der Waals surface area contributed by atoms with Gasteiger partial charge in [-0.1, -0.05) is 54.6 Å². The maximum atomic E-state index is 14.3. The molecule has 1 aliphatic rings. The highest BCUT2D eigenvalue weighted by Gasteiger charge is 2.24. The Morgan fingerprint density at radius 1 is 0.920 bits per heavy atom. The molecule has 126 valence electrons. The Morgan fingerprint density at radius 2 is 1.64 bits per heavy atom. The lowest BCUT2D eigenvalue weighted by molar-refractivity contribution is 0.182. The molecule has 0 spiro atoms. The van der Waals surface area contributed by atoms with Gasteiger partial charge in [-0.25, -0.2) is 4.39 Å². The van der Waals surface area contributed by atoms with Crippen LogP contribution in [0.3, 0.4) is 0 Å². The van der Waals surface area contributed by atoms with Crippen molar-refractivity contribution in [3.63, 3.8) is 0 Å². The average molecular weight is 333 g/mol. The normalized spacial score (nSPS) is 16.2. The molecule has 1 atom stereocenters. The lowest BCUT2D eigenvalue weighted by Gasteiger charge is -2.28. The summed E-state index contributed by atoms with van der Waals surface area (Å²) in [7, 11) is 0. The number of nitrogens with two attached hydrogens (primary N) is 1. The second-order valence-corrected chi connectivity index (χ2v) is 6.37. The molecule has 1 aliphatic heterocycles. The Morgan fingerprint density at radius 3 is 2.40 bits per heavy atom. The molecular formula is C22H20FNO. The molecule has 4 rings (SSSR count). The molecule has 3 aromatic rings. The van der Waals surface area contributed by atoms with Gasteiger partial charge < -0.3 is 10.5 Å². The number of hydrogen-bond donors (Lipinski definition) is 1. The summed E-state index contributed by atoms with van der Waals surface area (Å²) in [6, 6.07) is 21.3. The van der Waals surface area contributed by atoms with Crippen LogP contribution in [-0.4, -0.2) is 12.6 Å². The van der Waals surface area contributed by atoms with Gasteiger partial charge in [0.25, 0.3) is 0 Å². The number of hydrogen-bond acceptors (Lipinski definition) is 2. The zero-order valence-electron chi connectivity index (χ0n) is 13.9. The quantitative estimate of drug-likeness (QED) is 0.746. The van der Waals surface area contributed by atoms with E-state index in [1.807, 2.05) is 36.4 Å². The van der Waals surface area contributed by atoms with Crippen molar-refractivity contribution in [1.29, 1.82) is 0 Å². The van der Waals surface area contributed by atoms with E-state index in [9.17, 15) is 4.39 Å². The Labute approximate surface area is 147 Å². The van der Waals surface area contributed by atoms with Crippen molar-refractivity contribution in [3.05, 3.63) is 78.1 Å². The fourth-order valence-electron chi connectivity index (χ4n) is 3.47. The summed E-state index contributed by atoms with van der Waals surface area (Å²) in [6.45, 7) is 0.469. The molecular weight excluding hydrogens is 313 g/mol.